The summed E-state index contributed by atoms with van der Waals surface area (Å²) in [5.41, 5.74) is 6.63. The number of carbonyl (C=O) groups excluding carboxylic acids is 1. The average molecular weight is 349 g/mol. The number of nitrogens with zero attached hydrogens (tertiary/aromatic N) is 1. The molecule has 3 rings (SSSR count). The van der Waals surface area contributed by atoms with Gasteiger partial charge in [0.2, 0.25) is 0 Å². The van der Waals surface area contributed by atoms with Gasteiger partial charge in [0, 0.05) is 29.6 Å². The molecular weight excluding hydrogens is 330 g/mol. The SMILES string of the molecule is Cl.NC1CCC2CN(C(=O)c3ccc(SC(F)F)cc3)CC12. The fourth-order valence-corrected chi connectivity index (χ4v) is 3.93. The molecule has 122 valence electrons. The molecule has 2 N–H and O–H groups in total. The molecule has 0 bridgehead atoms. The van der Waals surface area contributed by atoms with Gasteiger partial charge in [0.15, 0.2) is 0 Å². The zero-order chi connectivity index (χ0) is 15.0. The Balaban J connectivity index is 0.00000176. The summed E-state index contributed by atoms with van der Waals surface area (Å²) in [4.78, 5) is 14.8. The van der Waals surface area contributed by atoms with E-state index in [9.17, 15) is 13.6 Å². The highest BCUT2D eigenvalue weighted by Gasteiger charge is 2.42. The number of likely N-dealkylation sites (tertiary alicyclic amines) is 1. The second-order valence-electron chi connectivity index (χ2n) is 5.78. The minimum atomic E-state index is -2.44. The summed E-state index contributed by atoms with van der Waals surface area (Å²) in [6, 6.07) is 6.61. The molecule has 0 spiro atoms. The van der Waals surface area contributed by atoms with Gasteiger partial charge in [0.05, 0.1) is 0 Å². The number of amides is 1. The standard InChI is InChI=1S/C15H18F2N2OS.ClH/c16-15(17)21-11-4-1-9(2-5-11)14(20)19-7-10-3-6-13(18)12(10)8-19;/h1-2,4-5,10,12-13,15H,3,6-8,18H2;1H. The molecule has 1 aromatic carbocycles. The number of carbonyl (C=O) groups is 1. The predicted octanol–water partition coefficient (Wildman–Crippen LogP) is 3.23. The first-order valence-corrected chi connectivity index (χ1v) is 8.02. The molecule has 1 saturated carbocycles. The maximum Gasteiger partial charge on any atom is 0.288 e. The molecule has 1 saturated heterocycles. The van der Waals surface area contributed by atoms with Crippen LogP contribution >= 0.6 is 24.2 Å². The third-order valence-electron chi connectivity index (χ3n) is 4.53. The Morgan fingerprint density at radius 1 is 1.23 bits per heavy atom. The van der Waals surface area contributed by atoms with Crippen molar-refractivity contribution >= 4 is 30.1 Å². The van der Waals surface area contributed by atoms with Crippen LogP contribution in [0.1, 0.15) is 23.2 Å². The van der Waals surface area contributed by atoms with Crippen molar-refractivity contribution in [2.75, 3.05) is 13.1 Å². The molecule has 22 heavy (non-hydrogen) atoms. The van der Waals surface area contributed by atoms with Crippen molar-refractivity contribution in [2.24, 2.45) is 17.6 Å². The molecule has 1 aromatic rings. The van der Waals surface area contributed by atoms with Crippen molar-refractivity contribution in [2.45, 2.75) is 29.5 Å². The lowest BCUT2D eigenvalue weighted by Gasteiger charge is -2.19. The minimum Gasteiger partial charge on any atom is -0.338 e. The van der Waals surface area contributed by atoms with Crippen LogP contribution in [-0.2, 0) is 0 Å². The lowest BCUT2D eigenvalue weighted by molar-refractivity contribution is 0.0779. The molecule has 3 atom stereocenters. The van der Waals surface area contributed by atoms with Gasteiger partial charge < -0.3 is 10.6 Å². The topological polar surface area (TPSA) is 46.3 Å². The molecule has 7 heteroatoms. The van der Waals surface area contributed by atoms with Gasteiger partial charge in [-0.25, -0.2) is 0 Å². The summed E-state index contributed by atoms with van der Waals surface area (Å²) in [6.45, 7) is 1.49. The van der Waals surface area contributed by atoms with E-state index in [1.54, 1.807) is 24.3 Å². The highest BCUT2D eigenvalue weighted by Crippen LogP contribution is 2.37. The van der Waals surface area contributed by atoms with Crippen LogP contribution in [-0.4, -0.2) is 35.7 Å². The van der Waals surface area contributed by atoms with E-state index in [4.69, 9.17) is 5.73 Å². The predicted molar refractivity (Wildman–Crippen MR) is 85.6 cm³/mol. The number of rotatable bonds is 3. The molecule has 1 amide bonds. The van der Waals surface area contributed by atoms with Gasteiger partial charge in [-0.1, -0.05) is 11.8 Å². The summed E-state index contributed by atoms with van der Waals surface area (Å²) in [6.07, 6.45) is 2.15. The number of alkyl halides is 2. The largest absolute Gasteiger partial charge is 0.338 e. The number of halogens is 3. The van der Waals surface area contributed by atoms with Crippen LogP contribution in [0.5, 0.6) is 0 Å². The minimum absolute atomic E-state index is 0. The van der Waals surface area contributed by atoms with E-state index >= 15 is 0 Å². The molecule has 1 aliphatic carbocycles. The number of benzene rings is 1. The van der Waals surface area contributed by atoms with Crippen LogP contribution in [0.15, 0.2) is 29.2 Å². The van der Waals surface area contributed by atoms with E-state index in [1.807, 2.05) is 4.90 Å². The maximum absolute atomic E-state index is 12.4. The van der Waals surface area contributed by atoms with Crippen LogP contribution < -0.4 is 5.73 Å². The Kier molecular flexibility index (Phi) is 5.69. The number of nitrogens with two attached hydrogens (primary N) is 1. The molecule has 1 aliphatic heterocycles. The summed E-state index contributed by atoms with van der Waals surface area (Å²) in [5, 5.41) is 0. The first-order chi connectivity index (χ1) is 10.0. The van der Waals surface area contributed by atoms with Crippen molar-refractivity contribution in [3.63, 3.8) is 0 Å². The van der Waals surface area contributed by atoms with E-state index in [2.05, 4.69) is 0 Å². The van der Waals surface area contributed by atoms with Gasteiger partial charge in [-0.2, -0.15) is 8.78 Å². The number of hydrogen-bond donors (Lipinski definition) is 1. The van der Waals surface area contributed by atoms with Gasteiger partial charge >= 0.3 is 0 Å². The second kappa shape index (κ2) is 7.15. The van der Waals surface area contributed by atoms with Crippen LogP contribution in [0.2, 0.25) is 0 Å². The molecule has 2 fully saturated rings. The van der Waals surface area contributed by atoms with Crippen LogP contribution in [0.4, 0.5) is 8.78 Å². The zero-order valence-corrected chi connectivity index (χ0v) is 13.6. The second-order valence-corrected chi connectivity index (χ2v) is 6.84. The lowest BCUT2D eigenvalue weighted by atomic mass is 9.98. The fourth-order valence-electron chi connectivity index (χ4n) is 3.43. The van der Waals surface area contributed by atoms with Crippen molar-refractivity contribution in [3.05, 3.63) is 29.8 Å². The van der Waals surface area contributed by atoms with Crippen LogP contribution in [0.3, 0.4) is 0 Å². The van der Waals surface area contributed by atoms with E-state index in [0.29, 0.717) is 34.1 Å². The zero-order valence-electron chi connectivity index (χ0n) is 12.0. The highest BCUT2D eigenvalue weighted by molar-refractivity contribution is 7.99. The van der Waals surface area contributed by atoms with E-state index < -0.39 is 5.76 Å². The van der Waals surface area contributed by atoms with E-state index in [1.165, 1.54) is 0 Å². The van der Waals surface area contributed by atoms with E-state index in [0.717, 1.165) is 25.9 Å². The first-order valence-electron chi connectivity index (χ1n) is 7.14. The Bertz CT molecular complexity index is 529. The Morgan fingerprint density at radius 3 is 2.50 bits per heavy atom. The number of fused-ring (bicyclic) bond motifs is 1. The highest BCUT2D eigenvalue weighted by atomic mass is 35.5. The summed E-state index contributed by atoms with van der Waals surface area (Å²) >= 11 is 0.490. The van der Waals surface area contributed by atoms with Gasteiger partial charge in [-0.3, -0.25) is 4.79 Å². The summed E-state index contributed by atoms with van der Waals surface area (Å²) in [5.74, 6) is -1.52. The van der Waals surface area contributed by atoms with Crippen molar-refractivity contribution in [1.29, 1.82) is 0 Å². The summed E-state index contributed by atoms with van der Waals surface area (Å²) in [7, 11) is 0. The van der Waals surface area contributed by atoms with Crippen molar-refractivity contribution in [3.8, 4) is 0 Å². The molecule has 0 radical (unpaired) electrons. The maximum atomic E-state index is 12.4. The molecular formula is C15H19ClF2N2OS. The lowest BCUT2D eigenvalue weighted by Crippen LogP contribution is -2.33. The Morgan fingerprint density at radius 2 is 1.91 bits per heavy atom. The van der Waals surface area contributed by atoms with Crippen molar-refractivity contribution < 1.29 is 13.6 Å². The number of thioether (sulfide) groups is 1. The van der Waals surface area contributed by atoms with Crippen LogP contribution in [0.25, 0.3) is 0 Å². The third kappa shape index (κ3) is 3.55. The quantitative estimate of drug-likeness (QED) is 0.853. The van der Waals surface area contributed by atoms with E-state index in [-0.39, 0.29) is 24.4 Å². The molecule has 3 nitrogen and oxygen atoms in total. The van der Waals surface area contributed by atoms with Gasteiger partial charge in [0.25, 0.3) is 11.7 Å². The molecule has 2 aliphatic rings. The van der Waals surface area contributed by atoms with Gasteiger partial charge in [-0.05, 0) is 48.9 Å². The average Bonchev–Trinajstić information content (AvgIpc) is 3.01. The Labute approximate surface area is 139 Å². The van der Waals surface area contributed by atoms with Crippen LogP contribution in [0, 0.1) is 11.8 Å². The molecule has 0 aromatic heterocycles. The summed E-state index contributed by atoms with van der Waals surface area (Å²) < 4.78 is 24.5. The third-order valence-corrected chi connectivity index (χ3v) is 5.25. The Hall–Kier alpha value is -0.850. The van der Waals surface area contributed by atoms with Gasteiger partial charge in [0.1, 0.15) is 0 Å². The molecule has 3 unspecified atom stereocenters. The normalized spacial score (nSPS) is 26.9. The smallest absolute Gasteiger partial charge is 0.288 e. The molecule has 1 heterocycles. The monoisotopic (exact) mass is 348 g/mol. The van der Waals surface area contributed by atoms with Crippen molar-refractivity contribution in [1.82, 2.24) is 4.90 Å². The first kappa shape index (κ1) is 17.5. The fraction of sp³-hybridized carbons (Fsp3) is 0.533. The number of hydrogen-bond acceptors (Lipinski definition) is 3. The van der Waals surface area contributed by atoms with Gasteiger partial charge in [-0.15, -0.1) is 12.4 Å².